The fourth-order valence-electron chi connectivity index (χ4n) is 2.07. The van der Waals surface area contributed by atoms with E-state index in [0.29, 0.717) is 16.9 Å². The lowest BCUT2D eigenvalue weighted by Crippen LogP contribution is -2.32. The summed E-state index contributed by atoms with van der Waals surface area (Å²) in [5.74, 6) is -0.422. The molecule has 3 nitrogen and oxygen atoms in total. The van der Waals surface area contributed by atoms with Crippen molar-refractivity contribution in [1.29, 1.82) is 0 Å². The molecule has 19 heavy (non-hydrogen) atoms. The van der Waals surface area contributed by atoms with E-state index in [0.717, 1.165) is 0 Å². The summed E-state index contributed by atoms with van der Waals surface area (Å²) in [6.07, 6.45) is 6.27. The molecule has 1 aromatic carbocycles. The molecule has 2 N–H and O–H groups in total. The molecule has 2 rings (SSSR count). The van der Waals surface area contributed by atoms with Gasteiger partial charge < -0.3 is 10.4 Å². The molecule has 0 radical (unpaired) electrons. The Balaban J connectivity index is 2.03. The molecule has 0 saturated heterocycles. The molecule has 1 amide bonds. The first-order chi connectivity index (χ1) is 9.13. The number of carbonyl (C=O) groups is 1. The van der Waals surface area contributed by atoms with Crippen LogP contribution in [0.1, 0.15) is 16.8 Å². The highest BCUT2D eigenvalue weighted by Gasteiger charge is 2.20. The van der Waals surface area contributed by atoms with Gasteiger partial charge in [-0.15, -0.1) is 11.8 Å². The van der Waals surface area contributed by atoms with Gasteiger partial charge in [-0.3, -0.25) is 4.79 Å². The minimum absolute atomic E-state index is 0.0626. The molecule has 2 atom stereocenters. The Morgan fingerprint density at radius 2 is 2.32 bits per heavy atom. The zero-order chi connectivity index (χ0) is 13.8. The van der Waals surface area contributed by atoms with Crippen LogP contribution in [-0.2, 0) is 0 Å². The summed E-state index contributed by atoms with van der Waals surface area (Å²) in [5, 5.41) is 11.9. The molecule has 0 bridgehead atoms. The van der Waals surface area contributed by atoms with Crippen molar-refractivity contribution >= 4 is 17.7 Å². The Labute approximate surface area is 115 Å². The van der Waals surface area contributed by atoms with Crippen LogP contribution >= 0.6 is 11.8 Å². The second kappa shape index (κ2) is 6.21. The van der Waals surface area contributed by atoms with Gasteiger partial charge in [-0.05, 0) is 30.9 Å². The first-order valence-corrected chi connectivity index (χ1v) is 7.30. The average Bonchev–Trinajstić information content (AvgIpc) is 2.86. The summed E-state index contributed by atoms with van der Waals surface area (Å²) in [6.45, 7) is 0.0933. The van der Waals surface area contributed by atoms with E-state index in [2.05, 4.69) is 5.32 Å². The second-order valence-electron chi connectivity index (χ2n) is 4.49. The number of carbonyl (C=O) groups excluding carboxylic acids is 1. The first kappa shape index (κ1) is 14.1. The molecule has 0 spiro atoms. The maximum atomic E-state index is 13.3. The van der Waals surface area contributed by atoms with Crippen LogP contribution in [-0.4, -0.2) is 29.9 Å². The molecule has 0 aliphatic heterocycles. The van der Waals surface area contributed by atoms with Crippen molar-refractivity contribution < 1.29 is 14.3 Å². The molecule has 0 saturated carbocycles. The molecular weight excluding hydrogens is 265 g/mol. The SMILES string of the molecule is CSc1cc(C(=O)N[C@@H]2C=C[C@H](CO)C2)ccc1F. The molecule has 1 aliphatic rings. The summed E-state index contributed by atoms with van der Waals surface area (Å²) in [4.78, 5) is 12.5. The van der Waals surface area contributed by atoms with Gasteiger partial charge in [0.15, 0.2) is 0 Å². The minimum atomic E-state index is -0.315. The Kier molecular flexibility index (Phi) is 4.61. The fourth-order valence-corrected chi connectivity index (χ4v) is 2.58. The molecule has 1 aromatic rings. The highest BCUT2D eigenvalue weighted by Crippen LogP contribution is 2.21. The largest absolute Gasteiger partial charge is 0.396 e. The number of hydrogen-bond acceptors (Lipinski definition) is 3. The van der Waals surface area contributed by atoms with E-state index < -0.39 is 0 Å². The standard InChI is InChI=1S/C14H16FNO2S/c1-19-13-7-10(3-5-12(13)15)14(18)16-11-4-2-9(6-11)8-17/h2-5,7,9,11,17H,6,8H2,1H3,(H,16,18)/t9-,11+/m0/s1. The van der Waals surface area contributed by atoms with Crippen LogP contribution in [0, 0.1) is 11.7 Å². The maximum absolute atomic E-state index is 13.3. The number of nitrogens with one attached hydrogen (secondary N) is 1. The molecule has 0 unspecified atom stereocenters. The van der Waals surface area contributed by atoms with Gasteiger partial charge in [0.05, 0.1) is 0 Å². The monoisotopic (exact) mass is 281 g/mol. The summed E-state index contributed by atoms with van der Waals surface area (Å²) in [6, 6.07) is 4.28. The highest BCUT2D eigenvalue weighted by atomic mass is 32.2. The van der Waals surface area contributed by atoms with E-state index >= 15 is 0 Å². The predicted molar refractivity (Wildman–Crippen MR) is 73.8 cm³/mol. The summed E-state index contributed by atoms with van der Waals surface area (Å²) >= 11 is 1.27. The van der Waals surface area contributed by atoms with Crippen LogP contribution in [0.25, 0.3) is 0 Å². The number of amides is 1. The summed E-state index contributed by atoms with van der Waals surface area (Å²) < 4.78 is 13.3. The Hall–Kier alpha value is -1.33. The lowest BCUT2D eigenvalue weighted by molar-refractivity contribution is 0.0941. The number of aliphatic hydroxyl groups excluding tert-OH is 1. The topological polar surface area (TPSA) is 49.3 Å². The summed E-state index contributed by atoms with van der Waals surface area (Å²) in [5.41, 5.74) is 0.451. The van der Waals surface area contributed by atoms with E-state index in [-0.39, 0.29) is 30.3 Å². The van der Waals surface area contributed by atoms with Crippen molar-refractivity contribution in [1.82, 2.24) is 5.32 Å². The maximum Gasteiger partial charge on any atom is 0.251 e. The normalized spacial score (nSPS) is 21.6. The van der Waals surface area contributed by atoms with Crippen molar-refractivity contribution in [3.63, 3.8) is 0 Å². The number of rotatable bonds is 4. The van der Waals surface area contributed by atoms with Gasteiger partial charge in [0.1, 0.15) is 5.82 Å². The molecule has 0 aromatic heterocycles. The van der Waals surface area contributed by atoms with Gasteiger partial charge in [0.25, 0.3) is 5.91 Å². The molecule has 0 fully saturated rings. The van der Waals surface area contributed by atoms with Gasteiger partial charge in [0, 0.05) is 29.0 Å². The highest BCUT2D eigenvalue weighted by molar-refractivity contribution is 7.98. The lowest BCUT2D eigenvalue weighted by atomic mass is 10.1. The number of benzene rings is 1. The Morgan fingerprint density at radius 1 is 1.53 bits per heavy atom. The van der Waals surface area contributed by atoms with E-state index in [1.165, 1.54) is 23.9 Å². The smallest absolute Gasteiger partial charge is 0.251 e. The van der Waals surface area contributed by atoms with Gasteiger partial charge in [-0.25, -0.2) is 4.39 Å². The Bertz CT molecular complexity index is 504. The third-order valence-corrected chi connectivity index (χ3v) is 3.89. The van der Waals surface area contributed by atoms with Crippen molar-refractivity contribution in [3.05, 3.63) is 41.7 Å². The number of thioether (sulfide) groups is 1. The lowest BCUT2D eigenvalue weighted by Gasteiger charge is -2.13. The average molecular weight is 281 g/mol. The van der Waals surface area contributed by atoms with Crippen LogP contribution in [0.3, 0.4) is 0 Å². The van der Waals surface area contributed by atoms with E-state index in [9.17, 15) is 9.18 Å². The number of halogens is 1. The quantitative estimate of drug-likeness (QED) is 0.657. The fraction of sp³-hybridized carbons (Fsp3) is 0.357. The van der Waals surface area contributed by atoms with Crippen LogP contribution < -0.4 is 5.32 Å². The van der Waals surface area contributed by atoms with Crippen molar-refractivity contribution in [3.8, 4) is 0 Å². The second-order valence-corrected chi connectivity index (χ2v) is 5.34. The van der Waals surface area contributed by atoms with E-state index in [4.69, 9.17) is 5.11 Å². The summed E-state index contributed by atoms with van der Waals surface area (Å²) in [7, 11) is 0. The van der Waals surface area contributed by atoms with E-state index in [1.807, 2.05) is 12.2 Å². The third kappa shape index (κ3) is 3.36. The molecular formula is C14H16FNO2S. The first-order valence-electron chi connectivity index (χ1n) is 6.07. The van der Waals surface area contributed by atoms with Crippen molar-refractivity contribution in [2.24, 2.45) is 5.92 Å². The minimum Gasteiger partial charge on any atom is -0.396 e. The van der Waals surface area contributed by atoms with Gasteiger partial charge in [0.2, 0.25) is 0 Å². The van der Waals surface area contributed by atoms with Crippen LogP contribution in [0.2, 0.25) is 0 Å². The Morgan fingerprint density at radius 3 is 2.95 bits per heavy atom. The molecule has 5 heteroatoms. The predicted octanol–water partition coefficient (Wildman–Crippen LogP) is 2.21. The van der Waals surface area contributed by atoms with Crippen LogP contribution in [0.15, 0.2) is 35.2 Å². The molecule has 1 aliphatic carbocycles. The van der Waals surface area contributed by atoms with E-state index in [1.54, 1.807) is 12.3 Å². The van der Waals surface area contributed by atoms with Gasteiger partial charge >= 0.3 is 0 Å². The third-order valence-electron chi connectivity index (χ3n) is 3.14. The van der Waals surface area contributed by atoms with Gasteiger partial charge in [-0.1, -0.05) is 12.2 Å². The van der Waals surface area contributed by atoms with Crippen LogP contribution in [0.4, 0.5) is 4.39 Å². The van der Waals surface area contributed by atoms with Crippen molar-refractivity contribution in [2.75, 3.05) is 12.9 Å². The zero-order valence-electron chi connectivity index (χ0n) is 10.6. The number of hydrogen-bond donors (Lipinski definition) is 2. The van der Waals surface area contributed by atoms with Gasteiger partial charge in [-0.2, -0.15) is 0 Å². The molecule has 102 valence electrons. The zero-order valence-corrected chi connectivity index (χ0v) is 11.4. The van der Waals surface area contributed by atoms with Crippen molar-refractivity contribution in [2.45, 2.75) is 17.4 Å². The number of aliphatic hydroxyl groups is 1. The van der Waals surface area contributed by atoms with Crippen LogP contribution in [0.5, 0.6) is 0 Å². The molecule has 0 heterocycles.